The van der Waals surface area contributed by atoms with Crippen molar-refractivity contribution in [2.24, 2.45) is 0 Å². The molecule has 0 atom stereocenters. The number of aromatic nitrogens is 2. The highest BCUT2D eigenvalue weighted by Gasteiger charge is 2.30. The number of halogens is 3. The number of fused-ring (bicyclic) bond motifs is 1. The topological polar surface area (TPSA) is 54.7 Å². The fourth-order valence-corrected chi connectivity index (χ4v) is 2.12. The van der Waals surface area contributed by atoms with E-state index in [1.54, 1.807) is 12.1 Å². The van der Waals surface area contributed by atoms with Crippen LogP contribution in [0.1, 0.15) is 5.56 Å². The number of hydrogen-bond acceptors (Lipinski definition) is 2. The zero-order valence-electron chi connectivity index (χ0n) is 10.2. The zero-order valence-corrected chi connectivity index (χ0v) is 10.2. The highest BCUT2D eigenvalue weighted by atomic mass is 19.4. The number of alkyl halides is 3. The Labute approximate surface area is 112 Å². The number of hydrogen-bond donors (Lipinski definition) is 2. The lowest BCUT2D eigenvalue weighted by Gasteiger charge is -2.08. The summed E-state index contributed by atoms with van der Waals surface area (Å²) in [5.41, 5.74) is 7.73. The van der Waals surface area contributed by atoms with Gasteiger partial charge in [0.2, 0.25) is 0 Å². The molecule has 6 heteroatoms. The molecule has 102 valence electrons. The molecule has 0 saturated carbocycles. The zero-order chi connectivity index (χ0) is 14.3. The predicted molar refractivity (Wildman–Crippen MR) is 70.9 cm³/mol. The van der Waals surface area contributed by atoms with Gasteiger partial charge in [-0.05, 0) is 23.8 Å². The van der Waals surface area contributed by atoms with Gasteiger partial charge in [0.25, 0.3) is 0 Å². The monoisotopic (exact) mass is 277 g/mol. The van der Waals surface area contributed by atoms with Crippen LogP contribution in [0.3, 0.4) is 0 Å². The molecule has 3 nitrogen and oxygen atoms in total. The van der Waals surface area contributed by atoms with Gasteiger partial charge in [0.15, 0.2) is 5.95 Å². The van der Waals surface area contributed by atoms with Crippen LogP contribution in [-0.2, 0) is 6.18 Å². The Balaban J connectivity index is 2.11. The summed E-state index contributed by atoms with van der Waals surface area (Å²) in [5, 5.41) is 0. The molecule has 0 aliphatic carbocycles. The van der Waals surface area contributed by atoms with E-state index in [9.17, 15) is 13.2 Å². The molecule has 0 unspecified atom stereocenters. The maximum Gasteiger partial charge on any atom is 0.416 e. The Kier molecular flexibility index (Phi) is 2.67. The quantitative estimate of drug-likeness (QED) is 0.710. The highest BCUT2D eigenvalue weighted by Crippen LogP contribution is 2.32. The van der Waals surface area contributed by atoms with Gasteiger partial charge in [-0.3, -0.25) is 0 Å². The minimum Gasteiger partial charge on any atom is -0.369 e. The molecule has 0 aliphatic heterocycles. The molecule has 1 aromatic heterocycles. The van der Waals surface area contributed by atoms with Gasteiger partial charge in [0, 0.05) is 5.56 Å². The Morgan fingerprint density at radius 1 is 1.00 bits per heavy atom. The van der Waals surface area contributed by atoms with Crippen molar-refractivity contribution in [3.8, 4) is 11.1 Å². The van der Waals surface area contributed by atoms with Crippen molar-refractivity contribution in [2.45, 2.75) is 6.18 Å². The number of nitrogens with one attached hydrogen (secondary N) is 1. The summed E-state index contributed by atoms with van der Waals surface area (Å²) in [4.78, 5) is 7.05. The summed E-state index contributed by atoms with van der Waals surface area (Å²) >= 11 is 0. The van der Waals surface area contributed by atoms with Crippen LogP contribution in [0.15, 0.2) is 42.5 Å². The third kappa shape index (κ3) is 2.09. The first kappa shape index (κ1) is 12.5. The highest BCUT2D eigenvalue weighted by molar-refractivity contribution is 5.92. The van der Waals surface area contributed by atoms with E-state index >= 15 is 0 Å². The minimum atomic E-state index is -4.33. The van der Waals surface area contributed by atoms with Gasteiger partial charge in [-0.25, -0.2) is 4.98 Å². The molecule has 0 fully saturated rings. The number of rotatable bonds is 1. The van der Waals surface area contributed by atoms with Crippen molar-refractivity contribution in [3.63, 3.8) is 0 Å². The predicted octanol–water partition coefficient (Wildman–Crippen LogP) is 3.83. The second-order valence-electron chi connectivity index (χ2n) is 4.40. The maximum atomic E-state index is 12.5. The number of aromatic amines is 1. The normalized spacial score (nSPS) is 11.9. The van der Waals surface area contributed by atoms with Gasteiger partial charge in [-0.2, -0.15) is 13.2 Å². The summed E-state index contributed by atoms with van der Waals surface area (Å²) in [6.45, 7) is 0. The first-order valence-electron chi connectivity index (χ1n) is 5.87. The molecule has 0 radical (unpaired) electrons. The molecule has 0 bridgehead atoms. The lowest BCUT2D eigenvalue weighted by atomic mass is 10.0. The van der Waals surface area contributed by atoms with E-state index in [-0.39, 0.29) is 5.95 Å². The average molecular weight is 277 g/mol. The van der Waals surface area contributed by atoms with E-state index in [1.807, 2.05) is 6.07 Å². The van der Waals surface area contributed by atoms with Crippen LogP contribution in [0.2, 0.25) is 0 Å². The van der Waals surface area contributed by atoms with Crippen molar-refractivity contribution in [2.75, 3.05) is 5.73 Å². The number of para-hydroxylation sites is 1. The fourth-order valence-electron chi connectivity index (χ4n) is 2.12. The molecule has 3 rings (SSSR count). The van der Waals surface area contributed by atoms with Gasteiger partial charge in [0.05, 0.1) is 16.6 Å². The first-order valence-corrected chi connectivity index (χ1v) is 5.87. The number of imidazole rings is 1. The number of nitrogen functional groups attached to an aromatic ring is 1. The van der Waals surface area contributed by atoms with Crippen LogP contribution < -0.4 is 5.73 Å². The SMILES string of the molecule is Nc1nc2c(-c3ccc(C(F)(F)F)cc3)cccc2[nH]1. The third-order valence-electron chi connectivity index (χ3n) is 3.05. The van der Waals surface area contributed by atoms with E-state index in [0.717, 1.165) is 23.2 Å². The Hall–Kier alpha value is -2.50. The maximum absolute atomic E-state index is 12.5. The molecule has 3 N–H and O–H groups in total. The molecular formula is C14H10F3N3. The van der Waals surface area contributed by atoms with E-state index in [1.165, 1.54) is 12.1 Å². The van der Waals surface area contributed by atoms with Crippen LogP contribution in [0, 0.1) is 0 Å². The van der Waals surface area contributed by atoms with Crippen molar-refractivity contribution in [3.05, 3.63) is 48.0 Å². The molecule has 2 aromatic carbocycles. The second kappa shape index (κ2) is 4.26. The lowest BCUT2D eigenvalue weighted by Crippen LogP contribution is -2.03. The van der Waals surface area contributed by atoms with Gasteiger partial charge in [-0.1, -0.05) is 24.3 Å². The van der Waals surface area contributed by atoms with Crippen molar-refractivity contribution in [1.29, 1.82) is 0 Å². The van der Waals surface area contributed by atoms with Crippen LogP contribution in [-0.4, -0.2) is 9.97 Å². The minimum absolute atomic E-state index is 0.277. The number of nitrogens with zero attached hydrogens (tertiary/aromatic N) is 1. The summed E-state index contributed by atoms with van der Waals surface area (Å²) < 4.78 is 37.6. The summed E-state index contributed by atoms with van der Waals surface area (Å²) in [6, 6.07) is 10.4. The molecule has 3 aromatic rings. The standard InChI is InChI=1S/C14H10F3N3/c15-14(16,17)9-6-4-8(5-7-9)10-2-1-3-11-12(10)20-13(18)19-11/h1-7H,(H3,18,19,20). The van der Waals surface area contributed by atoms with Gasteiger partial charge in [0.1, 0.15) is 0 Å². The Morgan fingerprint density at radius 2 is 1.70 bits per heavy atom. The van der Waals surface area contributed by atoms with Gasteiger partial charge >= 0.3 is 6.18 Å². The third-order valence-corrected chi connectivity index (χ3v) is 3.05. The molecule has 0 aliphatic rings. The Bertz CT molecular complexity index is 757. The van der Waals surface area contributed by atoms with E-state index in [2.05, 4.69) is 9.97 Å². The number of benzene rings is 2. The molecule has 0 amide bonds. The van der Waals surface area contributed by atoms with Gasteiger partial charge < -0.3 is 10.7 Å². The number of nitrogens with two attached hydrogens (primary N) is 1. The number of anilines is 1. The van der Waals surface area contributed by atoms with Gasteiger partial charge in [-0.15, -0.1) is 0 Å². The second-order valence-corrected chi connectivity index (χ2v) is 4.40. The molecular weight excluding hydrogens is 267 g/mol. The molecule has 0 saturated heterocycles. The average Bonchev–Trinajstić information content (AvgIpc) is 2.78. The first-order chi connectivity index (χ1) is 9.45. The summed E-state index contributed by atoms with van der Waals surface area (Å²) in [7, 11) is 0. The summed E-state index contributed by atoms with van der Waals surface area (Å²) in [6.07, 6.45) is -4.33. The van der Waals surface area contributed by atoms with Crippen molar-refractivity contribution in [1.82, 2.24) is 9.97 Å². The largest absolute Gasteiger partial charge is 0.416 e. The fraction of sp³-hybridized carbons (Fsp3) is 0.0714. The number of H-pyrrole nitrogens is 1. The van der Waals surface area contributed by atoms with E-state index in [0.29, 0.717) is 11.1 Å². The van der Waals surface area contributed by atoms with Crippen LogP contribution >= 0.6 is 0 Å². The van der Waals surface area contributed by atoms with E-state index < -0.39 is 11.7 Å². The van der Waals surface area contributed by atoms with Crippen molar-refractivity contribution >= 4 is 17.0 Å². The molecule has 20 heavy (non-hydrogen) atoms. The molecule has 1 heterocycles. The lowest BCUT2D eigenvalue weighted by molar-refractivity contribution is -0.137. The van der Waals surface area contributed by atoms with Crippen LogP contribution in [0.5, 0.6) is 0 Å². The van der Waals surface area contributed by atoms with Crippen molar-refractivity contribution < 1.29 is 13.2 Å². The smallest absolute Gasteiger partial charge is 0.369 e. The van der Waals surface area contributed by atoms with E-state index in [4.69, 9.17) is 5.73 Å². The molecule has 0 spiro atoms. The Morgan fingerprint density at radius 3 is 2.35 bits per heavy atom. The summed E-state index contributed by atoms with van der Waals surface area (Å²) in [5.74, 6) is 0.277. The van der Waals surface area contributed by atoms with Crippen LogP contribution in [0.4, 0.5) is 19.1 Å². The van der Waals surface area contributed by atoms with Crippen LogP contribution in [0.25, 0.3) is 22.2 Å².